The minimum absolute atomic E-state index is 0.143. The highest BCUT2D eigenvalue weighted by Gasteiger charge is 2.48. The van der Waals surface area contributed by atoms with Crippen LogP contribution < -0.4 is 14.4 Å². The molecule has 2 heterocycles. The number of rotatable bonds is 5. The Kier molecular flexibility index (Phi) is 6.50. The minimum atomic E-state index is -1.01. The van der Waals surface area contributed by atoms with Crippen LogP contribution in [0, 0.1) is 6.92 Å². The summed E-state index contributed by atoms with van der Waals surface area (Å²) in [6.07, 6.45) is 1.55. The number of amides is 1. The molecule has 1 N–H and O–H groups in total. The number of Topliss-reactive ketones (excluding diaryl/α,β-unsaturated/α-hetero) is 1. The van der Waals surface area contributed by atoms with Crippen LogP contribution in [0.3, 0.4) is 0 Å². The average molecular weight is 499 g/mol. The first-order valence-corrected chi connectivity index (χ1v) is 10.9. The van der Waals surface area contributed by atoms with Crippen molar-refractivity contribution >= 4 is 46.3 Å². The number of benzene rings is 2. The van der Waals surface area contributed by atoms with Crippen molar-refractivity contribution in [2.75, 3.05) is 19.1 Å². The van der Waals surface area contributed by atoms with Crippen molar-refractivity contribution in [3.8, 4) is 11.5 Å². The summed E-state index contributed by atoms with van der Waals surface area (Å²) in [6, 6.07) is 12.1. The molecular weight excluding hydrogens is 479 g/mol. The van der Waals surface area contributed by atoms with Crippen molar-refractivity contribution in [3.05, 3.63) is 87.2 Å². The molecule has 0 bridgehead atoms. The van der Waals surface area contributed by atoms with Crippen molar-refractivity contribution in [3.63, 3.8) is 0 Å². The van der Waals surface area contributed by atoms with Crippen LogP contribution in [0.4, 0.5) is 5.69 Å². The van der Waals surface area contributed by atoms with Gasteiger partial charge in [0.05, 0.1) is 36.1 Å². The first-order valence-electron chi connectivity index (χ1n) is 10.2. The van der Waals surface area contributed by atoms with Gasteiger partial charge in [-0.05, 0) is 42.8 Å². The number of carbonyl (C=O) groups is 2. The molecule has 0 radical (unpaired) electrons. The Morgan fingerprint density at radius 2 is 1.74 bits per heavy atom. The SMILES string of the molecule is COc1cc(/C(O)=C2\C(=O)C(=O)N(c3ccc(C)c(Cl)c3)C2c2ccccn2)c(OC)cc1Cl. The molecule has 1 unspecified atom stereocenters. The Labute approximate surface area is 206 Å². The van der Waals surface area contributed by atoms with Gasteiger partial charge in [-0.15, -0.1) is 0 Å². The molecule has 1 aliphatic heterocycles. The molecule has 0 spiro atoms. The lowest BCUT2D eigenvalue weighted by Crippen LogP contribution is -2.29. The molecular formula is C25H20Cl2N2O5. The van der Waals surface area contributed by atoms with Crippen molar-refractivity contribution in [2.45, 2.75) is 13.0 Å². The molecule has 1 amide bonds. The zero-order valence-corrected chi connectivity index (χ0v) is 20.0. The molecule has 2 aromatic carbocycles. The second kappa shape index (κ2) is 9.37. The monoisotopic (exact) mass is 498 g/mol. The van der Waals surface area contributed by atoms with E-state index in [4.69, 9.17) is 32.7 Å². The standard InChI is InChI=1S/C25H20Cl2N2O5/c1-13-7-8-14(10-16(13)26)29-22(18-6-4-5-9-28-18)21(24(31)25(29)32)23(30)15-11-20(34-3)17(27)12-19(15)33-2/h4-12,22,30H,1-3H3/b23-21+. The van der Waals surface area contributed by atoms with Gasteiger partial charge < -0.3 is 14.6 Å². The summed E-state index contributed by atoms with van der Waals surface area (Å²) in [4.78, 5) is 32.2. The fourth-order valence-corrected chi connectivity index (χ4v) is 4.24. The third-order valence-corrected chi connectivity index (χ3v) is 6.28. The van der Waals surface area contributed by atoms with Crippen molar-refractivity contribution in [2.24, 2.45) is 0 Å². The number of anilines is 1. The quantitative estimate of drug-likeness (QED) is 0.290. The summed E-state index contributed by atoms with van der Waals surface area (Å²) in [5.74, 6) is -1.68. The van der Waals surface area contributed by atoms with Crippen LogP contribution in [-0.4, -0.2) is 36.0 Å². The van der Waals surface area contributed by atoms with E-state index in [9.17, 15) is 14.7 Å². The molecule has 9 heteroatoms. The highest BCUT2D eigenvalue weighted by molar-refractivity contribution is 6.52. The van der Waals surface area contributed by atoms with E-state index in [1.807, 2.05) is 6.92 Å². The van der Waals surface area contributed by atoms with E-state index in [0.29, 0.717) is 16.4 Å². The smallest absolute Gasteiger partial charge is 0.300 e. The number of pyridine rings is 1. The molecule has 1 aromatic heterocycles. The third-order valence-electron chi connectivity index (χ3n) is 5.57. The van der Waals surface area contributed by atoms with Crippen LogP contribution in [-0.2, 0) is 9.59 Å². The predicted molar refractivity (Wildman–Crippen MR) is 130 cm³/mol. The normalized spacial score (nSPS) is 17.2. The molecule has 34 heavy (non-hydrogen) atoms. The molecule has 1 fully saturated rings. The molecule has 4 rings (SSSR count). The number of ketones is 1. The maximum atomic E-state index is 13.3. The third kappa shape index (κ3) is 3.97. The molecule has 3 aromatic rings. The van der Waals surface area contributed by atoms with E-state index in [1.165, 1.54) is 31.3 Å². The number of aryl methyl sites for hydroxylation is 1. The molecule has 1 aliphatic rings. The van der Waals surface area contributed by atoms with Crippen LogP contribution in [0.2, 0.25) is 10.0 Å². The lowest BCUT2D eigenvalue weighted by atomic mass is 9.97. The molecule has 174 valence electrons. The number of halogens is 2. The van der Waals surface area contributed by atoms with E-state index in [-0.39, 0.29) is 27.7 Å². The number of aliphatic hydroxyl groups excluding tert-OH is 1. The second-order valence-corrected chi connectivity index (χ2v) is 8.36. The molecule has 0 saturated carbocycles. The van der Waals surface area contributed by atoms with Gasteiger partial charge >= 0.3 is 0 Å². The number of methoxy groups -OCH3 is 2. The minimum Gasteiger partial charge on any atom is -0.507 e. The van der Waals surface area contributed by atoms with Gasteiger partial charge in [0.15, 0.2) is 0 Å². The van der Waals surface area contributed by atoms with Gasteiger partial charge in [-0.25, -0.2) is 0 Å². The largest absolute Gasteiger partial charge is 0.507 e. The summed E-state index contributed by atoms with van der Waals surface area (Å²) < 4.78 is 10.6. The topological polar surface area (TPSA) is 89.0 Å². The van der Waals surface area contributed by atoms with Crippen molar-refractivity contribution in [1.82, 2.24) is 4.98 Å². The first kappa shape index (κ1) is 23.6. The first-order chi connectivity index (χ1) is 16.3. The molecule has 7 nitrogen and oxygen atoms in total. The van der Waals surface area contributed by atoms with E-state index in [1.54, 1.807) is 42.6 Å². The van der Waals surface area contributed by atoms with Crippen LogP contribution in [0.25, 0.3) is 5.76 Å². The summed E-state index contributed by atoms with van der Waals surface area (Å²) in [6.45, 7) is 1.83. The zero-order valence-electron chi connectivity index (χ0n) is 18.5. The van der Waals surface area contributed by atoms with Gasteiger partial charge in [0.1, 0.15) is 23.3 Å². The highest BCUT2D eigenvalue weighted by atomic mass is 35.5. The highest BCUT2D eigenvalue weighted by Crippen LogP contribution is 2.44. The number of hydrogen-bond donors (Lipinski definition) is 1. The fraction of sp³-hybridized carbons (Fsp3) is 0.160. The van der Waals surface area contributed by atoms with Gasteiger partial charge in [0.25, 0.3) is 11.7 Å². The summed E-state index contributed by atoms with van der Waals surface area (Å²) in [5.41, 5.74) is 1.59. The summed E-state index contributed by atoms with van der Waals surface area (Å²) in [7, 11) is 2.82. The van der Waals surface area contributed by atoms with Gasteiger partial charge in [0.2, 0.25) is 0 Å². The maximum Gasteiger partial charge on any atom is 0.300 e. The Bertz CT molecular complexity index is 1320. The summed E-state index contributed by atoms with van der Waals surface area (Å²) >= 11 is 12.5. The fourth-order valence-electron chi connectivity index (χ4n) is 3.84. The number of carbonyl (C=O) groups excluding carboxylic acids is 2. The van der Waals surface area contributed by atoms with E-state index in [2.05, 4.69) is 4.98 Å². The van der Waals surface area contributed by atoms with Crippen LogP contribution in [0.15, 0.2) is 60.3 Å². The Hall–Kier alpha value is -3.55. The maximum absolute atomic E-state index is 13.3. The van der Waals surface area contributed by atoms with E-state index < -0.39 is 23.5 Å². The number of hydrogen-bond acceptors (Lipinski definition) is 6. The van der Waals surface area contributed by atoms with E-state index >= 15 is 0 Å². The summed E-state index contributed by atoms with van der Waals surface area (Å²) in [5, 5.41) is 12.1. The average Bonchev–Trinajstić information content (AvgIpc) is 3.11. The van der Waals surface area contributed by atoms with Crippen molar-refractivity contribution < 1.29 is 24.2 Å². The van der Waals surface area contributed by atoms with Gasteiger partial charge in [-0.2, -0.15) is 0 Å². The van der Waals surface area contributed by atoms with E-state index in [0.717, 1.165) is 5.56 Å². The predicted octanol–water partition coefficient (Wildman–Crippen LogP) is 5.34. The Balaban J connectivity index is 1.99. The second-order valence-electron chi connectivity index (χ2n) is 7.54. The van der Waals surface area contributed by atoms with Crippen LogP contribution >= 0.6 is 23.2 Å². The van der Waals surface area contributed by atoms with Crippen molar-refractivity contribution in [1.29, 1.82) is 0 Å². The van der Waals surface area contributed by atoms with Gasteiger partial charge in [0, 0.05) is 23.0 Å². The molecule has 1 atom stereocenters. The number of aliphatic hydroxyl groups is 1. The number of ether oxygens (including phenoxy) is 2. The lowest BCUT2D eigenvalue weighted by molar-refractivity contribution is -0.132. The Morgan fingerprint density at radius 1 is 1.00 bits per heavy atom. The zero-order chi connectivity index (χ0) is 24.6. The molecule has 1 saturated heterocycles. The molecule has 0 aliphatic carbocycles. The van der Waals surface area contributed by atoms with Crippen LogP contribution in [0.1, 0.15) is 22.9 Å². The lowest BCUT2D eigenvalue weighted by Gasteiger charge is -2.25. The Morgan fingerprint density at radius 3 is 2.35 bits per heavy atom. The number of aromatic nitrogens is 1. The van der Waals surface area contributed by atoms with Gasteiger partial charge in [-0.3, -0.25) is 19.5 Å². The van der Waals surface area contributed by atoms with Gasteiger partial charge in [-0.1, -0.05) is 35.3 Å². The number of nitrogens with zero attached hydrogens (tertiary/aromatic N) is 2. The van der Waals surface area contributed by atoms with Crippen LogP contribution in [0.5, 0.6) is 11.5 Å².